The smallest absolute Gasteiger partial charge is 0.246 e. The highest BCUT2D eigenvalue weighted by Crippen LogP contribution is 2.25. The van der Waals surface area contributed by atoms with Crippen LogP contribution in [-0.2, 0) is 26.8 Å². The molecule has 0 aliphatic carbocycles. The summed E-state index contributed by atoms with van der Waals surface area (Å²) in [6, 6.07) is 9.05. The van der Waals surface area contributed by atoms with Gasteiger partial charge in [0.15, 0.2) is 11.6 Å². The Kier molecular flexibility index (Phi) is 7.06. The maximum atomic E-state index is 13.7. The quantitative estimate of drug-likeness (QED) is 0.538. The first kappa shape index (κ1) is 25.3. The summed E-state index contributed by atoms with van der Waals surface area (Å²) in [5, 5.41) is 6.45. The third kappa shape index (κ3) is 5.77. The number of halogens is 2. The molecule has 0 spiro atoms. The van der Waals surface area contributed by atoms with Gasteiger partial charge in [-0.3, -0.25) is 9.10 Å². The maximum absolute atomic E-state index is 13.7. The Morgan fingerprint density at radius 2 is 1.76 bits per heavy atom. The van der Waals surface area contributed by atoms with Crippen LogP contribution in [0.4, 0.5) is 14.5 Å². The van der Waals surface area contributed by atoms with Crippen molar-refractivity contribution in [2.45, 2.75) is 45.7 Å². The lowest BCUT2D eigenvalue weighted by Crippen LogP contribution is -2.47. The van der Waals surface area contributed by atoms with Gasteiger partial charge in [0.25, 0.3) is 0 Å². The van der Waals surface area contributed by atoms with Gasteiger partial charge in [-0.25, -0.2) is 17.2 Å². The van der Waals surface area contributed by atoms with E-state index in [1.54, 1.807) is 0 Å². The Hall–Kier alpha value is -3.34. The van der Waals surface area contributed by atoms with Crippen LogP contribution in [0.1, 0.15) is 39.1 Å². The fourth-order valence-electron chi connectivity index (χ4n) is 3.30. The Morgan fingerprint density at radius 3 is 2.32 bits per heavy atom. The van der Waals surface area contributed by atoms with Crippen molar-refractivity contribution in [3.05, 3.63) is 65.6 Å². The molecule has 1 atom stereocenters. The second-order valence-electron chi connectivity index (χ2n) is 8.89. The lowest BCUT2D eigenvalue weighted by atomic mass is 9.87. The van der Waals surface area contributed by atoms with Gasteiger partial charge in [-0.15, -0.1) is 0 Å². The molecule has 2 aromatic carbocycles. The van der Waals surface area contributed by atoms with Crippen molar-refractivity contribution < 1.29 is 26.5 Å². The Balaban J connectivity index is 1.71. The predicted molar refractivity (Wildman–Crippen MR) is 123 cm³/mol. The van der Waals surface area contributed by atoms with Crippen molar-refractivity contribution in [1.29, 1.82) is 0 Å². The molecule has 1 amide bonds. The second-order valence-corrected chi connectivity index (χ2v) is 10.7. The number of nitrogens with one attached hydrogen (secondary N) is 1. The molecular weight excluding hydrogens is 466 g/mol. The number of carbonyl (C=O) groups excluding carboxylic acids is 1. The van der Waals surface area contributed by atoms with E-state index in [2.05, 4.69) is 36.2 Å². The Bertz CT molecular complexity index is 1290. The highest BCUT2D eigenvalue weighted by Gasteiger charge is 2.30. The van der Waals surface area contributed by atoms with Crippen LogP contribution in [0, 0.1) is 11.6 Å². The molecular formula is C23H26F2N4O4S. The van der Waals surface area contributed by atoms with E-state index in [9.17, 15) is 22.0 Å². The van der Waals surface area contributed by atoms with Gasteiger partial charge < -0.3 is 9.84 Å². The summed E-state index contributed by atoms with van der Waals surface area (Å²) in [6.45, 7) is 7.50. The molecule has 3 rings (SSSR count). The first-order valence-corrected chi connectivity index (χ1v) is 12.3. The van der Waals surface area contributed by atoms with Gasteiger partial charge in [0, 0.05) is 11.6 Å². The fraction of sp³-hybridized carbons (Fsp3) is 0.348. The standard InChI is InChI=1S/C23H26F2N4O4S/c1-14(29(34(5,31)32)17-10-11-18(24)19(25)12-17)22(30)26-13-20-27-21(28-33-20)15-6-8-16(9-7-15)23(2,3)4/h6-12,14H,13H2,1-5H3,(H,26,30)/t14-/m0/s1. The van der Waals surface area contributed by atoms with Gasteiger partial charge in [0.1, 0.15) is 6.04 Å². The van der Waals surface area contributed by atoms with Crippen LogP contribution < -0.4 is 9.62 Å². The number of aromatic nitrogens is 2. The summed E-state index contributed by atoms with van der Waals surface area (Å²) >= 11 is 0. The predicted octanol–water partition coefficient (Wildman–Crippen LogP) is 3.78. The van der Waals surface area contributed by atoms with Crippen LogP contribution >= 0.6 is 0 Å². The largest absolute Gasteiger partial charge is 0.345 e. The average molecular weight is 493 g/mol. The van der Waals surface area contributed by atoms with Crippen molar-refractivity contribution >= 4 is 21.6 Å². The topological polar surface area (TPSA) is 105 Å². The Labute approximate surface area is 197 Å². The number of anilines is 1. The van der Waals surface area contributed by atoms with Gasteiger partial charge in [0.05, 0.1) is 18.5 Å². The van der Waals surface area contributed by atoms with Crippen LogP contribution in [0.5, 0.6) is 0 Å². The third-order valence-corrected chi connectivity index (χ3v) is 6.38. The number of hydrogen-bond donors (Lipinski definition) is 1. The van der Waals surface area contributed by atoms with Crippen LogP contribution in [0.25, 0.3) is 11.4 Å². The molecule has 0 radical (unpaired) electrons. The van der Waals surface area contributed by atoms with Crippen LogP contribution in [-0.4, -0.2) is 36.8 Å². The van der Waals surface area contributed by atoms with E-state index in [-0.39, 0.29) is 23.5 Å². The first-order valence-electron chi connectivity index (χ1n) is 10.4. The summed E-state index contributed by atoms with van der Waals surface area (Å²) in [7, 11) is -3.99. The highest BCUT2D eigenvalue weighted by atomic mass is 32.2. The van der Waals surface area contributed by atoms with E-state index >= 15 is 0 Å². The number of sulfonamides is 1. The monoisotopic (exact) mass is 492 g/mol. The zero-order chi connectivity index (χ0) is 25.3. The van der Waals surface area contributed by atoms with Gasteiger partial charge in [-0.1, -0.05) is 50.2 Å². The van der Waals surface area contributed by atoms with Gasteiger partial charge in [0.2, 0.25) is 27.6 Å². The SMILES string of the molecule is C[C@@H](C(=O)NCc1nc(-c2ccc(C(C)(C)C)cc2)no1)N(c1ccc(F)c(F)c1)S(C)(=O)=O. The number of hydrogen-bond acceptors (Lipinski definition) is 6. The van der Waals surface area contributed by atoms with Crippen LogP contribution in [0.3, 0.4) is 0 Å². The summed E-state index contributed by atoms with van der Waals surface area (Å²) in [5.74, 6) is -2.59. The zero-order valence-corrected chi connectivity index (χ0v) is 20.3. The molecule has 1 N–H and O–H groups in total. The molecule has 0 bridgehead atoms. The minimum Gasteiger partial charge on any atom is -0.345 e. The van der Waals surface area contributed by atoms with Crippen molar-refractivity contribution in [2.24, 2.45) is 0 Å². The summed E-state index contributed by atoms with van der Waals surface area (Å²) < 4.78 is 57.4. The molecule has 11 heteroatoms. The summed E-state index contributed by atoms with van der Waals surface area (Å²) in [6.07, 6.45) is 0.868. The molecule has 34 heavy (non-hydrogen) atoms. The molecule has 0 unspecified atom stereocenters. The minimum absolute atomic E-state index is 0.00144. The molecule has 8 nitrogen and oxygen atoms in total. The molecule has 0 saturated heterocycles. The fourth-order valence-corrected chi connectivity index (χ4v) is 4.47. The second kappa shape index (κ2) is 9.49. The van der Waals surface area contributed by atoms with Crippen LogP contribution in [0.15, 0.2) is 47.0 Å². The van der Waals surface area contributed by atoms with Gasteiger partial charge >= 0.3 is 0 Å². The Morgan fingerprint density at radius 1 is 1.12 bits per heavy atom. The van der Waals surface area contributed by atoms with E-state index in [1.165, 1.54) is 6.92 Å². The minimum atomic E-state index is -3.99. The van der Waals surface area contributed by atoms with Crippen molar-refractivity contribution in [3.63, 3.8) is 0 Å². The van der Waals surface area contributed by atoms with Crippen molar-refractivity contribution in [2.75, 3.05) is 10.6 Å². The van der Waals surface area contributed by atoms with E-state index in [4.69, 9.17) is 4.52 Å². The van der Waals surface area contributed by atoms with Crippen molar-refractivity contribution in [3.8, 4) is 11.4 Å². The number of rotatable bonds is 7. The molecule has 0 aliphatic rings. The third-order valence-electron chi connectivity index (χ3n) is 5.14. The zero-order valence-electron chi connectivity index (χ0n) is 19.5. The molecule has 1 aromatic heterocycles. The number of carbonyl (C=O) groups is 1. The van der Waals surface area contributed by atoms with E-state index in [0.29, 0.717) is 10.1 Å². The molecule has 3 aromatic rings. The van der Waals surface area contributed by atoms with Crippen LogP contribution in [0.2, 0.25) is 0 Å². The summed E-state index contributed by atoms with van der Waals surface area (Å²) in [4.78, 5) is 16.9. The normalized spacial score (nSPS) is 12.9. The van der Waals surface area contributed by atoms with Gasteiger partial charge in [-0.2, -0.15) is 4.98 Å². The number of benzene rings is 2. The molecule has 0 aliphatic heterocycles. The molecule has 0 saturated carbocycles. The first-order chi connectivity index (χ1) is 15.8. The van der Waals surface area contributed by atoms with Crippen molar-refractivity contribution in [1.82, 2.24) is 15.5 Å². The van der Waals surface area contributed by atoms with E-state index in [0.717, 1.165) is 35.6 Å². The van der Waals surface area contributed by atoms with E-state index < -0.39 is 33.6 Å². The van der Waals surface area contributed by atoms with Gasteiger partial charge in [-0.05, 0) is 30.0 Å². The maximum Gasteiger partial charge on any atom is 0.246 e. The number of nitrogens with zero attached hydrogens (tertiary/aromatic N) is 3. The van der Waals surface area contributed by atoms with E-state index in [1.807, 2.05) is 24.3 Å². The molecule has 1 heterocycles. The lowest BCUT2D eigenvalue weighted by molar-refractivity contribution is -0.122. The average Bonchev–Trinajstić information content (AvgIpc) is 3.22. The molecule has 182 valence electrons. The summed E-state index contributed by atoms with van der Waals surface area (Å²) in [5.41, 5.74) is 1.71. The highest BCUT2D eigenvalue weighted by molar-refractivity contribution is 7.92. The number of amides is 1. The lowest BCUT2D eigenvalue weighted by Gasteiger charge is -2.28. The molecule has 0 fully saturated rings.